The molecule has 3 nitrogen and oxygen atoms in total. The van der Waals surface area contributed by atoms with Crippen molar-refractivity contribution in [3.63, 3.8) is 0 Å². The van der Waals surface area contributed by atoms with E-state index in [4.69, 9.17) is 11.6 Å². The van der Waals surface area contributed by atoms with Crippen molar-refractivity contribution in [1.82, 2.24) is 9.97 Å². The molecule has 0 fully saturated rings. The van der Waals surface area contributed by atoms with Crippen LogP contribution in [0, 0.1) is 5.92 Å². The number of rotatable bonds is 4. The fourth-order valence-electron chi connectivity index (χ4n) is 1.91. The van der Waals surface area contributed by atoms with Gasteiger partial charge in [-0.05, 0) is 46.5 Å². The minimum Gasteiger partial charge on any atom is -0.373 e. The van der Waals surface area contributed by atoms with Crippen molar-refractivity contribution in [2.24, 2.45) is 5.92 Å². The molecule has 1 aromatic heterocycles. The van der Waals surface area contributed by atoms with Gasteiger partial charge in [0, 0.05) is 28.8 Å². The summed E-state index contributed by atoms with van der Waals surface area (Å²) in [7, 11) is 1.86. The molecule has 106 valence electrons. The quantitative estimate of drug-likeness (QED) is 0.857. The first-order valence-corrected chi connectivity index (χ1v) is 7.68. The molecule has 0 saturated carbocycles. The van der Waals surface area contributed by atoms with Crippen molar-refractivity contribution < 1.29 is 0 Å². The van der Waals surface area contributed by atoms with Gasteiger partial charge in [-0.3, -0.25) is 0 Å². The maximum atomic E-state index is 6.14. The predicted octanol–water partition coefficient (Wildman–Crippen LogP) is 4.80. The van der Waals surface area contributed by atoms with Crippen molar-refractivity contribution >= 4 is 33.3 Å². The van der Waals surface area contributed by atoms with E-state index in [1.807, 2.05) is 31.3 Å². The van der Waals surface area contributed by atoms with E-state index in [0.717, 1.165) is 28.0 Å². The van der Waals surface area contributed by atoms with Crippen molar-refractivity contribution in [2.75, 3.05) is 12.4 Å². The van der Waals surface area contributed by atoms with Crippen LogP contribution in [0.1, 0.15) is 19.5 Å². The Kier molecular flexibility index (Phi) is 5.00. The molecule has 0 aliphatic carbocycles. The summed E-state index contributed by atoms with van der Waals surface area (Å²) in [6.07, 6.45) is 0.925. The fraction of sp³-hybridized carbons (Fsp3) is 0.333. The molecule has 0 unspecified atom stereocenters. The SMILES string of the molecule is CNc1cc(CC(C)C)nc(-c2ccc(Br)c(Cl)c2)n1. The van der Waals surface area contributed by atoms with E-state index >= 15 is 0 Å². The van der Waals surface area contributed by atoms with Gasteiger partial charge in [-0.2, -0.15) is 0 Å². The summed E-state index contributed by atoms with van der Waals surface area (Å²) in [5, 5.41) is 3.74. The molecule has 0 amide bonds. The standard InChI is InChI=1S/C15H17BrClN3/c1-9(2)6-11-8-14(18-3)20-15(19-11)10-4-5-12(16)13(17)7-10/h4-5,7-9H,6H2,1-3H3,(H,18,19,20). The van der Waals surface area contributed by atoms with Crippen LogP contribution in [0.25, 0.3) is 11.4 Å². The molecule has 1 heterocycles. The summed E-state index contributed by atoms with van der Waals surface area (Å²) in [5.74, 6) is 2.07. The molecule has 2 rings (SSSR count). The third-order valence-electron chi connectivity index (χ3n) is 2.83. The number of hydrogen-bond acceptors (Lipinski definition) is 3. The first kappa shape index (κ1) is 15.3. The molecule has 0 saturated heterocycles. The van der Waals surface area contributed by atoms with E-state index in [1.54, 1.807) is 0 Å². The maximum absolute atomic E-state index is 6.14. The van der Waals surface area contributed by atoms with E-state index in [-0.39, 0.29) is 0 Å². The Balaban J connectivity index is 2.46. The fourth-order valence-corrected chi connectivity index (χ4v) is 2.34. The number of benzene rings is 1. The van der Waals surface area contributed by atoms with Crippen LogP contribution in [-0.4, -0.2) is 17.0 Å². The average Bonchev–Trinajstić information content (AvgIpc) is 2.40. The molecule has 5 heteroatoms. The topological polar surface area (TPSA) is 37.8 Å². The maximum Gasteiger partial charge on any atom is 0.161 e. The van der Waals surface area contributed by atoms with Crippen molar-refractivity contribution in [3.05, 3.63) is 39.5 Å². The van der Waals surface area contributed by atoms with Crippen LogP contribution in [0.15, 0.2) is 28.7 Å². The van der Waals surface area contributed by atoms with E-state index < -0.39 is 0 Å². The summed E-state index contributed by atoms with van der Waals surface area (Å²) in [4.78, 5) is 9.14. The normalized spacial score (nSPS) is 10.9. The molecule has 0 aliphatic rings. The monoisotopic (exact) mass is 353 g/mol. The summed E-state index contributed by atoms with van der Waals surface area (Å²) in [6.45, 7) is 4.36. The van der Waals surface area contributed by atoms with Gasteiger partial charge in [-0.15, -0.1) is 0 Å². The Morgan fingerprint density at radius 3 is 2.60 bits per heavy atom. The predicted molar refractivity (Wildman–Crippen MR) is 88.3 cm³/mol. The van der Waals surface area contributed by atoms with Crippen LogP contribution in [-0.2, 0) is 6.42 Å². The van der Waals surface area contributed by atoms with Crippen LogP contribution < -0.4 is 5.32 Å². The van der Waals surface area contributed by atoms with Gasteiger partial charge in [0.2, 0.25) is 0 Å². The Morgan fingerprint density at radius 1 is 1.25 bits per heavy atom. The van der Waals surface area contributed by atoms with E-state index in [9.17, 15) is 0 Å². The molecule has 0 radical (unpaired) electrons. The zero-order valence-electron chi connectivity index (χ0n) is 11.7. The van der Waals surface area contributed by atoms with Crippen LogP contribution in [0.2, 0.25) is 5.02 Å². The van der Waals surface area contributed by atoms with Gasteiger partial charge in [0.15, 0.2) is 5.82 Å². The summed E-state index contributed by atoms with van der Waals surface area (Å²) in [5.41, 5.74) is 1.95. The zero-order valence-corrected chi connectivity index (χ0v) is 14.1. The van der Waals surface area contributed by atoms with Gasteiger partial charge in [0.05, 0.1) is 5.02 Å². The Labute approximate surface area is 132 Å². The lowest BCUT2D eigenvalue weighted by atomic mass is 10.1. The van der Waals surface area contributed by atoms with E-state index in [2.05, 4.69) is 45.1 Å². The first-order valence-electron chi connectivity index (χ1n) is 6.50. The number of halogens is 2. The lowest BCUT2D eigenvalue weighted by molar-refractivity contribution is 0.635. The van der Waals surface area contributed by atoms with Crippen LogP contribution in [0.5, 0.6) is 0 Å². The van der Waals surface area contributed by atoms with Gasteiger partial charge in [0.25, 0.3) is 0 Å². The minimum absolute atomic E-state index is 0.552. The molecule has 0 aliphatic heterocycles. The van der Waals surface area contributed by atoms with Crippen LogP contribution in [0.3, 0.4) is 0 Å². The van der Waals surface area contributed by atoms with E-state index in [1.165, 1.54) is 0 Å². The molecule has 1 N–H and O–H groups in total. The average molecular weight is 355 g/mol. The highest BCUT2D eigenvalue weighted by atomic mass is 79.9. The summed E-state index contributed by atoms with van der Waals surface area (Å²) < 4.78 is 0.870. The molecule has 20 heavy (non-hydrogen) atoms. The highest BCUT2D eigenvalue weighted by Gasteiger charge is 2.09. The molecular formula is C15H17BrClN3. The highest BCUT2D eigenvalue weighted by molar-refractivity contribution is 9.10. The second kappa shape index (κ2) is 6.55. The lowest BCUT2D eigenvalue weighted by Crippen LogP contribution is -2.03. The van der Waals surface area contributed by atoms with Gasteiger partial charge < -0.3 is 5.32 Å². The molecule has 0 atom stereocenters. The first-order chi connectivity index (χ1) is 9.49. The Morgan fingerprint density at radius 2 is 2.00 bits per heavy atom. The second-order valence-corrected chi connectivity index (χ2v) is 6.31. The van der Waals surface area contributed by atoms with Crippen molar-refractivity contribution in [3.8, 4) is 11.4 Å². The van der Waals surface area contributed by atoms with Gasteiger partial charge in [-0.1, -0.05) is 25.4 Å². The van der Waals surface area contributed by atoms with Crippen LogP contribution >= 0.6 is 27.5 Å². The Hall–Kier alpha value is -1.13. The molecule has 0 bridgehead atoms. The van der Waals surface area contributed by atoms with Gasteiger partial charge in [-0.25, -0.2) is 9.97 Å². The molecular weight excluding hydrogens is 338 g/mol. The van der Waals surface area contributed by atoms with Gasteiger partial charge >= 0.3 is 0 Å². The second-order valence-electron chi connectivity index (χ2n) is 5.04. The third-order valence-corrected chi connectivity index (χ3v) is 4.06. The summed E-state index contributed by atoms with van der Waals surface area (Å²) >= 11 is 9.54. The van der Waals surface area contributed by atoms with Crippen LogP contribution in [0.4, 0.5) is 5.82 Å². The van der Waals surface area contributed by atoms with Gasteiger partial charge in [0.1, 0.15) is 5.82 Å². The van der Waals surface area contributed by atoms with Crippen molar-refractivity contribution in [2.45, 2.75) is 20.3 Å². The van der Waals surface area contributed by atoms with E-state index in [0.29, 0.717) is 16.8 Å². The summed E-state index contributed by atoms with van der Waals surface area (Å²) in [6, 6.07) is 7.74. The highest BCUT2D eigenvalue weighted by Crippen LogP contribution is 2.28. The number of hydrogen-bond donors (Lipinski definition) is 1. The lowest BCUT2D eigenvalue weighted by Gasteiger charge is -2.10. The number of nitrogens with one attached hydrogen (secondary N) is 1. The Bertz CT molecular complexity index is 614. The third kappa shape index (κ3) is 3.70. The smallest absolute Gasteiger partial charge is 0.161 e. The minimum atomic E-state index is 0.552. The molecule has 0 spiro atoms. The molecule has 2 aromatic rings. The number of anilines is 1. The number of nitrogens with zero attached hydrogens (tertiary/aromatic N) is 2. The largest absolute Gasteiger partial charge is 0.373 e. The zero-order chi connectivity index (χ0) is 14.7. The number of aromatic nitrogens is 2. The van der Waals surface area contributed by atoms with Crippen molar-refractivity contribution in [1.29, 1.82) is 0 Å². The molecule has 1 aromatic carbocycles.